The molecular formula is C13H15Cl2N. The number of aromatic nitrogens is 1. The molecule has 0 aliphatic rings. The van der Waals surface area contributed by atoms with Gasteiger partial charge in [0.2, 0.25) is 0 Å². The van der Waals surface area contributed by atoms with Gasteiger partial charge in [0.15, 0.2) is 0 Å². The van der Waals surface area contributed by atoms with Gasteiger partial charge in [-0.05, 0) is 29.5 Å². The number of H-pyrrole nitrogens is 1. The summed E-state index contributed by atoms with van der Waals surface area (Å²) in [6, 6.07) is 3.75. The number of rotatable bonds is 2. The Morgan fingerprint density at radius 2 is 1.94 bits per heavy atom. The highest BCUT2D eigenvalue weighted by atomic mass is 35.5. The van der Waals surface area contributed by atoms with Gasteiger partial charge in [0, 0.05) is 16.6 Å². The van der Waals surface area contributed by atoms with Crippen molar-refractivity contribution in [3.63, 3.8) is 0 Å². The van der Waals surface area contributed by atoms with Crippen molar-refractivity contribution in [2.45, 2.75) is 32.6 Å². The van der Waals surface area contributed by atoms with Crippen LogP contribution in [0.2, 0.25) is 10.0 Å². The van der Waals surface area contributed by atoms with Gasteiger partial charge in [0.05, 0.1) is 10.5 Å². The van der Waals surface area contributed by atoms with Crippen LogP contribution in [0.3, 0.4) is 0 Å². The zero-order valence-electron chi connectivity index (χ0n) is 9.70. The van der Waals surface area contributed by atoms with Crippen LogP contribution in [0.1, 0.15) is 32.8 Å². The van der Waals surface area contributed by atoms with E-state index >= 15 is 0 Å². The smallest absolute Gasteiger partial charge is 0.0661 e. The van der Waals surface area contributed by atoms with E-state index in [4.69, 9.17) is 23.2 Å². The summed E-state index contributed by atoms with van der Waals surface area (Å²) in [6.45, 7) is 6.64. The molecule has 0 amide bonds. The summed E-state index contributed by atoms with van der Waals surface area (Å²) in [6.07, 6.45) is 3.11. The van der Waals surface area contributed by atoms with Gasteiger partial charge in [-0.3, -0.25) is 0 Å². The van der Waals surface area contributed by atoms with Crippen molar-refractivity contribution < 1.29 is 0 Å². The molecule has 1 heterocycles. The van der Waals surface area contributed by atoms with Gasteiger partial charge in [-0.2, -0.15) is 0 Å². The second-order valence-electron chi connectivity index (χ2n) is 4.75. The predicted molar refractivity (Wildman–Crippen MR) is 71.6 cm³/mol. The van der Waals surface area contributed by atoms with E-state index in [9.17, 15) is 0 Å². The molecule has 0 fully saturated rings. The average Bonchev–Trinajstić information content (AvgIpc) is 2.62. The molecule has 0 aliphatic carbocycles. The first-order valence-electron chi connectivity index (χ1n) is 5.42. The quantitative estimate of drug-likeness (QED) is 0.763. The molecule has 0 saturated carbocycles. The first kappa shape index (κ1) is 11.8. The summed E-state index contributed by atoms with van der Waals surface area (Å²) in [5, 5.41) is 2.50. The third-order valence-electron chi connectivity index (χ3n) is 3.32. The zero-order chi connectivity index (χ0) is 11.9. The van der Waals surface area contributed by atoms with Crippen LogP contribution in [0.15, 0.2) is 18.3 Å². The monoisotopic (exact) mass is 255 g/mol. The van der Waals surface area contributed by atoms with Crippen molar-refractivity contribution >= 4 is 34.1 Å². The summed E-state index contributed by atoms with van der Waals surface area (Å²) in [4.78, 5) is 3.23. The summed E-state index contributed by atoms with van der Waals surface area (Å²) >= 11 is 12.2. The highest BCUT2D eigenvalue weighted by Gasteiger charge is 2.22. The molecule has 86 valence electrons. The zero-order valence-corrected chi connectivity index (χ0v) is 11.2. The Bertz CT molecular complexity index is 526. The Kier molecular flexibility index (Phi) is 2.93. The number of halogens is 2. The van der Waals surface area contributed by atoms with Crippen molar-refractivity contribution in [1.29, 1.82) is 0 Å². The van der Waals surface area contributed by atoms with E-state index in [1.54, 1.807) is 6.07 Å². The molecule has 1 N–H and O–H groups in total. The van der Waals surface area contributed by atoms with Gasteiger partial charge < -0.3 is 4.98 Å². The molecule has 1 nitrogen and oxygen atoms in total. The number of aromatic amines is 1. The molecule has 2 aromatic rings. The lowest BCUT2D eigenvalue weighted by atomic mass is 9.82. The maximum absolute atomic E-state index is 6.15. The molecule has 3 heteroatoms. The maximum Gasteiger partial charge on any atom is 0.0661 e. The third-order valence-corrected chi connectivity index (χ3v) is 3.84. The first-order chi connectivity index (χ1) is 7.45. The molecule has 0 unspecified atom stereocenters. The normalized spacial score (nSPS) is 12.3. The van der Waals surface area contributed by atoms with E-state index < -0.39 is 0 Å². The first-order valence-corrected chi connectivity index (χ1v) is 6.18. The molecule has 2 rings (SSSR count). The third kappa shape index (κ3) is 1.83. The minimum absolute atomic E-state index is 0.131. The Labute approximate surface area is 106 Å². The Balaban J connectivity index is 2.74. The minimum atomic E-state index is 0.131. The van der Waals surface area contributed by atoms with E-state index in [0.29, 0.717) is 10.0 Å². The SMILES string of the molecule is CCC(C)(C)c1c[nH]c2c(Cl)cc(Cl)cc12. The van der Waals surface area contributed by atoms with Crippen LogP contribution in [-0.2, 0) is 5.41 Å². The minimum Gasteiger partial charge on any atom is -0.360 e. The van der Waals surface area contributed by atoms with E-state index in [-0.39, 0.29) is 5.41 Å². The van der Waals surface area contributed by atoms with Crippen LogP contribution in [0.4, 0.5) is 0 Å². The fourth-order valence-electron chi connectivity index (χ4n) is 1.91. The predicted octanol–water partition coefficient (Wildman–Crippen LogP) is 5.16. The second-order valence-corrected chi connectivity index (χ2v) is 5.59. The Morgan fingerprint density at radius 1 is 1.25 bits per heavy atom. The molecule has 0 bridgehead atoms. The molecule has 0 aliphatic heterocycles. The fourth-order valence-corrected chi connectivity index (χ4v) is 2.45. The average molecular weight is 256 g/mol. The molecule has 0 atom stereocenters. The fraction of sp³-hybridized carbons (Fsp3) is 0.385. The molecule has 0 saturated heterocycles. The van der Waals surface area contributed by atoms with Crippen LogP contribution < -0.4 is 0 Å². The van der Waals surface area contributed by atoms with Crippen LogP contribution in [0.5, 0.6) is 0 Å². The maximum atomic E-state index is 6.15. The van der Waals surface area contributed by atoms with Gasteiger partial charge in [0.1, 0.15) is 0 Å². The molecular weight excluding hydrogens is 241 g/mol. The summed E-state index contributed by atoms with van der Waals surface area (Å²) in [5.74, 6) is 0. The molecule has 0 spiro atoms. The van der Waals surface area contributed by atoms with Crippen LogP contribution in [0.25, 0.3) is 10.9 Å². The van der Waals surface area contributed by atoms with Crippen LogP contribution in [0, 0.1) is 0 Å². The lowest BCUT2D eigenvalue weighted by molar-refractivity contribution is 0.510. The molecule has 0 radical (unpaired) electrons. The van der Waals surface area contributed by atoms with E-state index in [1.165, 1.54) is 5.56 Å². The van der Waals surface area contributed by atoms with E-state index in [0.717, 1.165) is 17.3 Å². The number of nitrogens with one attached hydrogen (secondary N) is 1. The standard InChI is InChI=1S/C13H15Cl2N/c1-4-13(2,3)10-7-16-12-9(10)5-8(14)6-11(12)15/h5-7,16H,4H2,1-3H3. The number of hydrogen-bond donors (Lipinski definition) is 1. The van der Waals surface area contributed by atoms with Crippen molar-refractivity contribution in [2.75, 3.05) is 0 Å². The van der Waals surface area contributed by atoms with Gasteiger partial charge in [-0.25, -0.2) is 0 Å². The summed E-state index contributed by atoms with van der Waals surface area (Å²) < 4.78 is 0. The lowest BCUT2D eigenvalue weighted by Crippen LogP contribution is -2.14. The van der Waals surface area contributed by atoms with Crippen LogP contribution >= 0.6 is 23.2 Å². The Hall–Kier alpha value is -0.660. The molecule has 16 heavy (non-hydrogen) atoms. The number of hydrogen-bond acceptors (Lipinski definition) is 0. The highest BCUT2D eigenvalue weighted by molar-refractivity contribution is 6.38. The van der Waals surface area contributed by atoms with Crippen molar-refractivity contribution in [1.82, 2.24) is 4.98 Å². The van der Waals surface area contributed by atoms with Gasteiger partial charge in [-0.15, -0.1) is 0 Å². The van der Waals surface area contributed by atoms with Crippen molar-refractivity contribution in [2.24, 2.45) is 0 Å². The highest BCUT2D eigenvalue weighted by Crippen LogP contribution is 2.36. The van der Waals surface area contributed by atoms with Crippen molar-refractivity contribution in [3.05, 3.63) is 33.9 Å². The topological polar surface area (TPSA) is 15.8 Å². The molecule has 1 aromatic carbocycles. The van der Waals surface area contributed by atoms with Crippen LogP contribution in [-0.4, -0.2) is 4.98 Å². The summed E-state index contributed by atoms with van der Waals surface area (Å²) in [7, 11) is 0. The largest absolute Gasteiger partial charge is 0.360 e. The van der Waals surface area contributed by atoms with Crippen molar-refractivity contribution in [3.8, 4) is 0 Å². The number of benzene rings is 1. The number of fused-ring (bicyclic) bond motifs is 1. The lowest BCUT2D eigenvalue weighted by Gasteiger charge is -2.22. The summed E-state index contributed by atoms with van der Waals surface area (Å²) in [5.41, 5.74) is 2.38. The van der Waals surface area contributed by atoms with Gasteiger partial charge in [0.25, 0.3) is 0 Å². The second kappa shape index (κ2) is 3.97. The van der Waals surface area contributed by atoms with E-state index in [2.05, 4.69) is 25.8 Å². The Morgan fingerprint density at radius 3 is 2.56 bits per heavy atom. The van der Waals surface area contributed by atoms with E-state index in [1.807, 2.05) is 12.3 Å². The van der Waals surface area contributed by atoms with Gasteiger partial charge >= 0.3 is 0 Å². The molecule has 1 aromatic heterocycles. The van der Waals surface area contributed by atoms with Gasteiger partial charge in [-0.1, -0.05) is 44.0 Å².